The summed E-state index contributed by atoms with van der Waals surface area (Å²) in [6.07, 6.45) is 3.40. The van der Waals surface area contributed by atoms with Gasteiger partial charge in [0.25, 0.3) is 5.91 Å². The highest BCUT2D eigenvalue weighted by Crippen LogP contribution is 2.20. The Hall–Kier alpha value is -3.22. The molecule has 132 valence electrons. The standard InChI is InChI=1S/C19H19N5O2/c1-26-16-7-9-21-19(22-16)24-12-10-23(11-13-24)18(25)15-6-2-4-14-5-3-8-20-17(14)15/h2-9H,10-13H2,1H3. The first-order valence-electron chi connectivity index (χ1n) is 8.51. The topological polar surface area (TPSA) is 71.5 Å². The molecule has 7 heteroatoms. The van der Waals surface area contributed by atoms with Crippen molar-refractivity contribution in [3.8, 4) is 5.88 Å². The van der Waals surface area contributed by atoms with Crippen LogP contribution in [-0.4, -0.2) is 59.0 Å². The quantitative estimate of drug-likeness (QED) is 0.720. The van der Waals surface area contributed by atoms with Gasteiger partial charge < -0.3 is 14.5 Å². The van der Waals surface area contributed by atoms with Gasteiger partial charge in [0, 0.05) is 50.0 Å². The van der Waals surface area contributed by atoms with Crippen molar-refractivity contribution in [2.75, 3.05) is 38.2 Å². The van der Waals surface area contributed by atoms with Crippen molar-refractivity contribution >= 4 is 22.8 Å². The molecule has 1 fully saturated rings. The zero-order valence-corrected chi connectivity index (χ0v) is 14.5. The van der Waals surface area contributed by atoms with Crippen LogP contribution in [0.4, 0.5) is 5.95 Å². The number of piperazine rings is 1. The number of nitrogens with zero attached hydrogens (tertiary/aromatic N) is 5. The number of aromatic nitrogens is 3. The molecule has 3 aromatic rings. The minimum absolute atomic E-state index is 0.0144. The Morgan fingerprint density at radius 2 is 1.81 bits per heavy atom. The third-order valence-electron chi connectivity index (χ3n) is 4.54. The highest BCUT2D eigenvalue weighted by molar-refractivity contribution is 6.05. The Morgan fingerprint density at radius 1 is 1.00 bits per heavy atom. The summed E-state index contributed by atoms with van der Waals surface area (Å²) < 4.78 is 5.15. The second-order valence-electron chi connectivity index (χ2n) is 6.06. The average Bonchev–Trinajstić information content (AvgIpc) is 2.73. The van der Waals surface area contributed by atoms with Gasteiger partial charge >= 0.3 is 0 Å². The van der Waals surface area contributed by atoms with Gasteiger partial charge in [-0.2, -0.15) is 4.98 Å². The zero-order valence-electron chi connectivity index (χ0n) is 14.5. The number of amides is 1. The molecule has 0 bridgehead atoms. The number of benzene rings is 1. The number of rotatable bonds is 3. The van der Waals surface area contributed by atoms with E-state index >= 15 is 0 Å². The Bertz CT molecular complexity index is 933. The molecule has 3 heterocycles. The van der Waals surface area contributed by atoms with Gasteiger partial charge in [-0.15, -0.1) is 0 Å². The molecular weight excluding hydrogens is 330 g/mol. The highest BCUT2D eigenvalue weighted by atomic mass is 16.5. The van der Waals surface area contributed by atoms with Crippen LogP contribution in [0.5, 0.6) is 5.88 Å². The smallest absolute Gasteiger partial charge is 0.256 e. The van der Waals surface area contributed by atoms with Gasteiger partial charge in [0.05, 0.1) is 18.2 Å². The maximum absolute atomic E-state index is 13.0. The molecule has 0 radical (unpaired) electrons. The van der Waals surface area contributed by atoms with E-state index in [-0.39, 0.29) is 5.91 Å². The normalized spacial score (nSPS) is 14.5. The van der Waals surface area contributed by atoms with Crippen molar-refractivity contribution in [1.29, 1.82) is 0 Å². The maximum atomic E-state index is 13.0. The van der Waals surface area contributed by atoms with Gasteiger partial charge in [-0.05, 0) is 12.1 Å². The zero-order chi connectivity index (χ0) is 17.9. The van der Waals surface area contributed by atoms with E-state index < -0.39 is 0 Å². The molecule has 1 aliphatic rings. The number of carbonyl (C=O) groups excluding carboxylic acids is 1. The van der Waals surface area contributed by atoms with Gasteiger partial charge in [-0.3, -0.25) is 9.78 Å². The summed E-state index contributed by atoms with van der Waals surface area (Å²) in [5.74, 6) is 1.18. The van der Waals surface area contributed by atoms with Crippen molar-refractivity contribution in [1.82, 2.24) is 19.9 Å². The number of hydrogen-bond acceptors (Lipinski definition) is 6. The molecule has 0 saturated carbocycles. The Morgan fingerprint density at radius 3 is 2.62 bits per heavy atom. The third kappa shape index (κ3) is 3.03. The van der Waals surface area contributed by atoms with E-state index in [1.807, 2.05) is 35.2 Å². The Labute approximate surface area is 151 Å². The van der Waals surface area contributed by atoms with E-state index in [1.54, 1.807) is 25.6 Å². The van der Waals surface area contributed by atoms with E-state index in [9.17, 15) is 4.79 Å². The van der Waals surface area contributed by atoms with Crippen molar-refractivity contribution < 1.29 is 9.53 Å². The summed E-state index contributed by atoms with van der Waals surface area (Å²) in [7, 11) is 1.58. The molecule has 4 rings (SSSR count). The maximum Gasteiger partial charge on any atom is 0.256 e. The number of para-hydroxylation sites is 1. The molecule has 1 saturated heterocycles. The third-order valence-corrected chi connectivity index (χ3v) is 4.54. The number of pyridine rings is 1. The molecule has 0 unspecified atom stereocenters. The predicted octanol–water partition coefficient (Wildman–Crippen LogP) is 2.00. The molecule has 1 amide bonds. The number of ether oxygens (including phenoxy) is 1. The van der Waals surface area contributed by atoms with E-state index in [2.05, 4.69) is 19.9 Å². The second-order valence-corrected chi connectivity index (χ2v) is 6.06. The average molecular weight is 349 g/mol. The van der Waals surface area contributed by atoms with Crippen molar-refractivity contribution in [3.63, 3.8) is 0 Å². The number of anilines is 1. The summed E-state index contributed by atoms with van der Waals surface area (Å²) in [4.78, 5) is 29.9. The lowest BCUT2D eigenvalue weighted by Crippen LogP contribution is -2.49. The molecule has 0 spiro atoms. The molecule has 1 aliphatic heterocycles. The predicted molar refractivity (Wildman–Crippen MR) is 98.4 cm³/mol. The largest absolute Gasteiger partial charge is 0.481 e. The second kappa shape index (κ2) is 6.95. The van der Waals surface area contributed by atoms with E-state index in [0.717, 1.165) is 10.9 Å². The van der Waals surface area contributed by atoms with Gasteiger partial charge in [-0.1, -0.05) is 18.2 Å². The van der Waals surface area contributed by atoms with Crippen LogP contribution >= 0.6 is 0 Å². The van der Waals surface area contributed by atoms with Crippen LogP contribution in [0.2, 0.25) is 0 Å². The number of fused-ring (bicyclic) bond motifs is 1. The summed E-state index contributed by atoms with van der Waals surface area (Å²) in [6, 6.07) is 11.3. The molecule has 0 atom stereocenters. The van der Waals surface area contributed by atoms with Crippen LogP contribution in [0.15, 0.2) is 48.8 Å². The number of carbonyl (C=O) groups is 1. The van der Waals surface area contributed by atoms with Crippen molar-refractivity contribution in [2.24, 2.45) is 0 Å². The van der Waals surface area contributed by atoms with E-state index in [1.165, 1.54) is 0 Å². The van der Waals surface area contributed by atoms with Crippen molar-refractivity contribution in [3.05, 3.63) is 54.4 Å². The Kier molecular flexibility index (Phi) is 4.35. The molecule has 26 heavy (non-hydrogen) atoms. The molecule has 1 aromatic carbocycles. The monoisotopic (exact) mass is 349 g/mol. The van der Waals surface area contributed by atoms with Crippen LogP contribution in [0.3, 0.4) is 0 Å². The van der Waals surface area contributed by atoms with Crippen LogP contribution < -0.4 is 9.64 Å². The van der Waals surface area contributed by atoms with E-state index in [4.69, 9.17) is 4.74 Å². The van der Waals surface area contributed by atoms with Gasteiger partial charge in [0.2, 0.25) is 11.8 Å². The fourth-order valence-corrected chi connectivity index (χ4v) is 3.16. The van der Waals surface area contributed by atoms with Gasteiger partial charge in [-0.25, -0.2) is 4.98 Å². The van der Waals surface area contributed by atoms with Crippen LogP contribution in [0, 0.1) is 0 Å². The summed E-state index contributed by atoms with van der Waals surface area (Å²) in [6.45, 7) is 2.58. The van der Waals surface area contributed by atoms with Crippen LogP contribution in [-0.2, 0) is 0 Å². The first-order valence-corrected chi connectivity index (χ1v) is 8.51. The van der Waals surface area contributed by atoms with Gasteiger partial charge in [0.1, 0.15) is 0 Å². The SMILES string of the molecule is COc1ccnc(N2CCN(C(=O)c3cccc4cccnc34)CC2)n1. The van der Waals surface area contributed by atoms with Crippen LogP contribution in [0.25, 0.3) is 10.9 Å². The summed E-state index contributed by atoms with van der Waals surface area (Å²) in [5.41, 5.74) is 1.40. The molecule has 0 N–H and O–H groups in total. The molecule has 0 aliphatic carbocycles. The minimum Gasteiger partial charge on any atom is -0.481 e. The summed E-state index contributed by atoms with van der Waals surface area (Å²) >= 11 is 0. The van der Waals surface area contributed by atoms with Gasteiger partial charge in [0.15, 0.2) is 0 Å². The molecule has 7 nitrogen and oxygen atoms in total. The number of methoxy groups -OCH3 is 1. The fourth-order valence-electron chi connectivity index (χ4n) is 3.16. The molecule has 2 aromatic heterocycles. The lowest BCUT2D eigenvalue weighted by molar-refractivity contribution is 0.0748. The first-order chi connectivity index (χ1) is 12.8. The number of hydrogen-bond donors (Lipinski definition) is 0. The van der Waals surface area contributed by atoms with Crippen molar-refractivity contribution in [2.45, 2.75) is 0 Å². The first kappa shape index (κ1) is 16.3. The lowest BCUT2D eigenvalue weighted by Gasteiger charge is -2.34. The molecular formula is C19H19N5O2. The fraction of sp³-hybridized carbons (Fsp3) is 0.263. The minimum atomic E-state index is 0.0144. The summed E-state index contributed by atoms with van der Waals surface area (Å²) in [5, 5.41) is 0.974. The van der Waals surface area contributed by atoms with Crippen LogP contribution in [0.1, 0.15) is 10.4 Å². The van der Waals surface area contributed by atoms with E-state index in [0.29, 0.717) is 43.6 Å². The highest BCUT2D eigenvalue weighted by Gasteiger charge is 2.25. The Balaban J connectivity index is 1.50. The lowest BCUT2D eigenvalue weighted by atomic mass is 10.1.